The third kappa shape index (κ3) is 2.58. The van der Waals surface area contributed by atoms with Crippen LogP contribution in [0.5, 0.6) is 0 Å². The first-order valence-electron chi connectivity index (χ1n) is 6.37. The van der Waals surface area contributed by atoms with Gasteiger partial charge in [0.25, 0.3) is 0 Å². The molecule has 0 bridgehead atoms. The Morgan fingerprint density at radius 3 is 2.70 bits per heavy atom. The summed E-state index contributed by atoms with van der Waals surface area (Å²) in [4.78, 5) is 23.4. The van der Waals surface area contributed by atoms with Gasteiger partial charge in [0.15, 0.2) is 11.9 Å². The number of carboxylic acids is 1. The normalized spacial score (nSPS) is 25.2. The van der Waals surface area contributed by atoms with Crippen molar-refractivity contribution in [3.8, 4) is 0 Å². The summed E-state index contributed by atoms with van der Waals surface area (Å²) in [5, 5.41) is 9.38. The maximum Gasteiger partial charge on any atom is 0.351 e. The fourth-order valence-corrected chi connectivity index (χ4v) is 2.15. The standard InChI is InChI=1S/C15H16O5/c1-2-15(14(17)18)13(12(16)8-9-20-15)19-10-11-6-4-3-5-7-11/h3-9,13H,2,10H2,1H3,(H,17,18). The Morgan fingerprint density at radius 1 is 1.40 bits per heavy atom. The highest BCUT2D eigenvalue weighted by atomic mass is 16.6. The van der Waals surface area contributed by atoms with Crippen molar-refractivity contribution >= 4 is 11.8 Å². The molecule has 2 rings (SSSR count). The number of hydrogen-bond acceptors (Lipinski definition) is 4. The summed E-state index contributed by atoms with van der Waals surface area (Å²) in [7, 11) is 0. The quantitative estimate of drug-likeness (QED) is 0.889. The zero-order chi connectivity index (χ0) is 14.6. The van der Waals surface area contributed by atoms with Crippen LogP contribution < -0.4 is 0 Å². The molecule has 0 saturated carbocycles. The fraction of sp³-hybridized carbons (Fsp3) is 0.333. The third-order valence-corrected chi connectivity index (χ3v) is 3.34. The topological polar surface area (TPSA) is 72.8 Å². The van der Waals surface area contributed by atoms with Gasteiger partial charge >= 0.3 is 5.97 Å². The van der Waals surface area contributed by atoms with Crippen molar-refractivity contribution in [2.45, 2.75) is 31.7 Å². The van der Waals surface area contributed by atoms with E-state index >= 15 is 0 Å². The van der Waals surface area contributed by atoms with Crippen LogP contribution in [-0.2, 0) is 25.7 Å². The van der Waals surface area contributed by atoms with Gasteiger partial charge in [0, 0.05) is 6.08 Å². The Labute approximate surface area is 116 Å². The molecule has 0 spiro atoms. The Kier molecular flexibility index (Phi) is 4.20. The van der Waals surface area contributed by atoms with E-state index in [1.165, 1.54) is 6.08 Å². The Balaban J connectivity index is 2.19. The Bertz CT molecular complexity index is 522. The molecule has 0 amide bonds. The highest BCUT2D eigenvalue weighted by Gasteiger charge is 2.52. The molecular weight excluding hydrogens is 260 g/mol. The molecular formula is C15H16O5. The van der Waals surface area contributed by atoms with Crippen LogP contribution in [0, 0.1) is 0 Å². The summed E-state index contributed by atoms with van der Waals surface area (Å²) in [6.45, 7) is 1.81. The largest absolute Gasteiger partial charge is 0.480 e. The van der Waals surface area contributed by atoms with E-state index in [0.29, 0.717) is 0 Å². The zero-order valence-electron chi connectivity index (χ0n) is 11.1. The van der Waals surface area contributed by atoms with Crippen LogP contribution in [0.1, 0.15) is 18.9 Å². The van der Waals surface area contributed by atoms with E-state index in [4.69, 9.17) is 9.47 Å². The van der Waals surface area contributed by atoms with Gasteiger partial charge in [-0.2, -0.15) is 0 Å². The van der Waals surface area contributed by atoms with Crippen molar-refractivity contribution in [3.63, 3.8) is 0 Å². The maximum atomic E-state index is 11.9. The minimum absolute atomic E-state index is 0.137. The molecule has 2 unspecified atom stereocenters. The minimum atomic E-state index is -1.65. The average molecular weight is 276 g/mol. The van der Waals surface area contributed by atoms with Crippen LogP contribution in [0.3, 0.4) is 0 Å². The van der Waals surface area contributed by atoms with Gasteiger partial charge in [-0.25, -0.2) is 4.79 Å². The number of hydrogen-bond donors (Lipinski definition) is 1. The van der Waals surface area contributed by atoms with E-state index in [2.05, 4.69) is 0 Å². The lowest BCUT2D eigenvalue weighted by atomic mass is 9.88. The average Bonchev–Trinajstić information content (AvgIpc) is 2.46. The van der Waals surface area contributed by atoms with Gasteiger partial charge in [-0.3, -0.25) is 4.79 Å². The second-order valence-electron chi connectivity index (χ2n) is 4.55. The number of carbonyl (C=O) groups excluding carboxylic acids is 1. The lowest BCUT2D eigenvalue weighted by Crippen LogP contribution is -2.56. The van der Waals surface area contributed by atoms with Crippen LogP contribution in [-0.4, -0.2) is 28.6 Å². The summed E-state index contributed by atoms with van der Waals surface area (Å²) in [5.74, 6) is -1.59. The third-order valence-electron chi connectivity index (χ3n) is 3.34. The molecule has 1 aliphatic rings. The first-order valence-corrected chi connectivity index (χ1v) is 6.37. The van der Waals surface area contributed by atoms with Crippen molar-refractivity contribution in [3.05, 3.63) is 48.2 Å². The molecule has 1 N–H and O–H groups in total. The molecule has 0 saturated heterocycles. The van der Waals surface area contributed by atoms with Gasteiger partial charge in [-0.05, 0) is 12.0 Å². The molecule has 1 aromatic carbocycles. The molecule has 2 atom stereocenters. The minimum Gasteiger partial charge on any atom is -0.480 e. The van der Waals surface area contributed by atoms with Gasteiger partial charge in [0.05, 0.1) is 12.9 Å². The number of benzene rings is 1. The Hall–Kier alpha value is -2.14. The smallest absolute Gasteiger partial charge is 0.351 e. The first kappa shape index (κ1) is 14.3. The van der Waals surface area contributed by atoms with Crippen LogP contribution in [0.2, 0.25) is 0 Å². The molecule has 106 valence electrons. The monoisotopic (exact) mass is 276 g/mol. The van der Waals surface area contributed by atoms with Crippen LogP contribution >= 0.6 is 0 Å². The Morgan fingerprint density at radius 2 is 2.10 bits per heavy atom. The lowest BCUT2D eigenvalue weighted by Gasteiger charge is -2.36. The van der Waals surface area contributed by atoms with Crippen molar-refractivity contribution in [1.82, 2.24) is 0 Å². The van der Waals surface area contributed by atoms with Crippen LogP contribution in [0.15, 0.2) is 42.7 Å². The number of ether oxygens (including phenoxy) is 2. The van der Waals surface area contributed by atoms with Crippen molar-refractivity contribution in [1.29, 1.82) is 0 Å². The van der Waals surface area contributed by atoms with E-state index in [1.807, 2.05) is 30.3 Å². The molecule has 20 heavy (non-hydrogen) atoms. The molecule has 0 aromatic heterocycles. The van der Waals surface area contributed by atoms with Crippen LogP contribution in [0.4, 0.5) is 0 Å². The van der Waals surface area contributed by atoms with Crippen molar-refractivity contribution in [2.24, 2.45) is 0 Å². The summed E-state index contributed by atoms with van der Waals surface area (Å²) < 4.78 is 10.8. The van der Waals surface area contributed by atoms with Gasteiger partial charge in [0.2, 0.25) is 5.60 Å². The highest BCUT2D eigenvalue weighted by molar-refractivity contribution is 6.00. The number of aliphatic carboxylic acids is 1. The number of ketones is 1. The number of carboxylic acid groups (broad SMARTS) is 1. The summed E-state index contributed by atoms with van der Waals surface area (Å²) in [6, 6.07) is 9.26. The van der Waals surface area contributed by atoms with Gasteiger partial charge < -0.3 is 14.6 Å². The molecule has 0 aliphatic carbocycles. The molecule has 1 heterocycles. The van der Waals surface area contributed by atoms with Crippen LogP contribution in [0.25, 0.3) is 0 Å². The SMILES string of the molecule is CCC1(C(=O)O)OC=CC(=O)C1OCc1ccccc1. The summed E-state index contributed by atoms with van der Waals surface area (Å²) in [5.41, 5.74) is -0.786. The predicted octanol–water partition coefficient (Wildman–Crippen LogP) is 1.92. The number of carbonyl (C=O) groups is 2. The lowest BCUT2D eigenvalue weighted by molar-refractivity contribution is -0.186. The second-order valence-corrected chi connectivity index (χ2v) is 4.55. The summed E-state index contributed by atoms with van der Waals surface area (Å²) >= 11 is 0. The van der Waals surface area contributed by atoms with Crippen molar-refractivity contribution in [2.75, 3.05) is 0 Å². The van der Waals surface area contributed by atoms with Gasteiger partial charge in [-0.15, -0.1) is 0 Å². The van der Waals surface area contributed by atoms with E-state index in [0.717, 1.165) is 11.8 Å². The second kappa shape index (κ2) is 5.88. The summed E-state index contributed by atoms with van der Waals surface area (Å²) in [6.07, 6.45) is 1.32. The highest BCUT2D eigenvalue weighted by Crippen LogP contribution is 2.29. The molecule has 1 aromatic rings. The molecule has 0 radical (unpaired) electrons. The van der Waals surface area contributed by atoms with Gasteiger partial charge in [-0.1, -0.05) is 37.3 Å². The van der Waals surface area contributed by atoms with Gasteiger partial charge in [0.1, 0.15) is 0 Å². The molecule has 1 aliphatic heterocycles. The molecule has 5 heteroatoms. The predicted molar refractivity (Wildman–Crippen MR) is 70.9 cm³/mol. The van der Waals surface area contributed by atoms with E-state index in [9.17, 15) is 14.7 Å². The number of rotatable bonds is 5. The van der Waals surface area contributed by atoms with E-state index < -0.39 is 23.5 Å². The maximum absolute atomic E-state index is 11.9. The zero-order valence-corrected chi connectivity index (χ0v) is 11.1. The molecule has 5 nitrogen and oxygen atoms in total. The van der Waals surface area contributed by atoms with E-state index in [1.54, 1.807) is 6.92 Å². The van der Waals surface area contributed by atoms with Crippen molar-refractivity contribution < 1.29 is 24.2 Å². The molecule has 0 fully saturated rings. The fourth-order valence-electron chi connectivity index (χ4n) is 2.15. The first-order chi connectivity index (χ1) is 9.60. The van der Waals surface area contributed by atoms with E-state index in [-0.39, 0.29) is 13.0 Å².